The topological polar surface area (TPSA) is 24.9 Å². The molecule has 1 N–H and O–H groups in total. The summed E-state index contributed by atoms with van der Waals surface area (Å²) >= 11 is 4.52. The normalized spacial score (nSPS) is 12.7. The molecule has 0 fully saturated rings. The second kappa shape index (κ2) is 5.42. The van der Waals surface area contributed by atoms with E-state index in [-0.39, 0.29) is 10.0 Å². The van der Waals surface area contributed by atoms with Crippen LogP contribution in [0.5, 0.6) is 0 Å². The van der Waals surface area contributed by atoms with Crippen LogP contribution >= 0.6 is 27.3 Å². The maximum atomic E-state index is 14.0. The fourth-order valence-corrected chi connectivity index (χ4v) is 2.74. The van der Waals surface area contributed by atoms with Gasteiger partial charge >= 0.3 is 0 Å². The maximum absolute atomic E-state index is 14.0. The number of nitrogens with one attached hydrogen (secondary N) is 1. The van der Waals surface area contributed by atoms with Crippen LogP contribution in [0.15, 0.2) is 22.0 Å². The van der Waals surface area contributed by atoms with E-state index in [0.717, 1.165) is 5.01 Å². The van der Waals surface area contributed by atoms with Gasteiger partial charge in [-0.1, -0.05) is 0 Å². The lowest BCUT2D eigenvalue weighted by molar-refractivity contribution is 0.515. The monoisotopic (exact) mass is 332 g/mol. The lowest BCUT2D eigenvalue weighted by Crippen LogP contribution is -2.21. The Bertz CT molecular complexity index is 571. The molecule has 0 radical (unpaired) electrons. The second-order valence-corrected chi connectivity index (χ2v) is 5.69. The molecule has 2 rings (SSSR count). The third-order valence-electron chi connectivity index (χ3n) is 2.59. The van der Waals surface area contributed by atoms with Crippen molar-refractivity contribution in [2.24, 2.45) is 0 Å². The van der Waals surface area contributed by atoms with E-state index in [4.69, 9.17) is 0 Å². The van der Waals surface area contributed by atoms with Crippen LogP contribution in [-0.2, 0) is 0 Å². The van der Waals surface area contributed by atoms with Gasteiger partial charge in [-0.3, -0.25) is 0 Å². The van der Waals surface area contributed by atoms with Crippen molar-refractivity contribution in [3.63, 3.8) is 0 Å². The molecule has 0 aliphatic heterocycles. The van der Waals surface area contributed by atoms with Gasteiger partial charge in [-0.2, -0.15) is 0 Å². The SMILES string of the molecule is CNC(c1csc(C)n1)c1c(F)ccc(Br)c1F. The number of thiazole rings is 1. The summed E-state index contributed by atoms with van der Waals surface area (Å²) in [5, 5.41) is 5.56. The molecule has 0 spiro atoms. The van der Waals surface area contributed by atoms with E-state index in [1.807, 2.05) is 6.92 Å². The smallest absolute Gasteiger partial charge is 0.145 e. The number of hydrogen-bond acceptors (Lipinski definition) is 3. The minimum absolute atomic E-state index is 0.0165. The van der Waals surface area contributed by atoms with E-state index in [2.05, 4.69) is 26.2 Å². The van der Waals surface area contributed by atoms with Crippen molar-refractivity contribution in [2.75, 3.05) is 7.05 Å². The fourth-order valence-electron chi connectivity index (χ4n) is 1.76. The Balaban J connectivity index is 2.55. The molecule has 1 heterocycles. The van der Waals surface area contributed by atoms with Crippen LogP contribution in [0.4, 0.5) is 8.78 Å². The highest BCUT2D eigenvalue weighted by Crippen LogP contribution is 2.30. The van der Waals surface area contributed by atoms with E-state index >= 15 is 0 Å². The number of hydrogen-bond donors (Lipinski definition) is 1. The Hall–Kier alpha value is -0.850. The Morgan fingerprint density at radius 2 is 2.11 bits per heavy atom. The second-order valence-electron chi connectivity index (χ2n) is 3.77. The molecule has 0 saturated carbocycles. The van der Waals surface area contributed by atoms with Gasteiger partial charge in [0.25, 0.3) is 0 Å². The average molecular weight is 333 g/mol. The molecular weight excluding hydrogens is 322 g/mol. The van der Waals surface area contributed by atoms with E-state index in [9.17, 15) is 8.78 Å². The molecule has 2 aromatic rings. The molecule has 1 unspecified atom stereocenters. The van der Waals surface area contributed by atoms with Crippen molar-refractivity contribution < 1.29 is 8.78 Å². The van der Waals surface area contributed by atoms with E-state index in [1.165, 1.54) is 23.5 Å². The fraction of sp³-hybridized carbons (Fsp3) is 0.250. The minimum atomic E-state index is -0.597. The summed E-state index contributed by atoms with van der Waals surface area (Å²) < 4.78 is 28.1. The number of aryl methyl sites for hydroxylation is 1. The van der Waals surface area contributed by atoms with Crippen molar-refractivity contribution in [3.8, 4) is 0 Å². The van der Waals surface area contributed by atoms with Gasteiger partial charge in [0.2, 0.25) is 0 Å². The zero-order valence-corrected chi connectivity index (χ0v) is 12.2. The molecule has 0 aliphatic carbocycles. The molecule has 0 amide bonds. The average Bonchev–Trinajstić information content (AvgIpc) is 2.76. The molecule has 6 heteroatoms. The first kappa shape index (κ1) is 13.6. The number of nitrogens with zero attached hydrogens (tertiary/aromatic N) is 1. The highest BCUT2D eigenvalue weighted by molar-refractivity contribution is 9.10. The summed E-state index contributed by atoms with van der Waals surface area (Å²) in [5.74, 6) is -1.18. The quantitative estimate of drug-likeness (QED) is 0.865. The largest absolute Gasteiger partial charge is 0.308 e. The van der Waals surface area contributed by atoms with Crippen LogP contribution in [-0.4, -0.2) is 12.0 Å². The Labute approximate surface area is 116 Å². The predicted molar refractivity (Wildman–Crippen MR) is 71.8 cm³/mol. The molecule has 18 heavy (non-hydrogen) atoms. The van der Waals surface area contributed by atoms with Gasteiger partial charge in [0.05, 0.1) is 21.2 Å². The van der Waals surface area contributed by atoms with Gasteiger partial charge in [0.1, 0.15) is 11.6 Å². The molecule has 0 bridgehead atoms. The summed E-state index contributed by atoms with van der Waals surface area (Å²) in [7, 11) is 1.65. The third-order valence-corrected chi connectivity index (χ3v) is 3.99. The van der Waals surface area contributed by atoms with Crippen molar-refractivity contribution in [1.82, 2.24) is 10.3 Å². The van der Waals surface area contributed by atoms with Gasteiger partial charge < -0.3 is 5.32 Å². The van der Waals surface area contributed by atoms with E-state index < -0.39 is 17.7 Å². The van der Waals surface area contributed by atoms with E-state index in [1.54, 1.807) is 12.4 Å². The molecule has 2 nitrogen and oxygen atoms in total. The first-order valence-electron chi connectivity index (χ1n) is 5.27. The first-order valence-corrected chi connectivity index (χ1v) is 6.94. The summed E-state index contributed by atoms with van der Waals surface area (Å²) in [4.78, 5) is 4.28. The lowest BCUT2D eigenvalue weighted by atomic mass is 10.0. The molecule has 0 saturated heterocycles. The molecule has 96 valence electrons. The van der Waals surface area contributed by atoms with Crippen molar-refractivity contribution in [3.05, 3.63) is 49.9 Å². The first-order chi connectivity index (χ1) is 8.54. The van der Waals surface area contributed by atoms with Crippen LogP contribution in [0.25, 0.3) is 0 Å². The van der Waals surface area contributed by atoms with Crippen LogP contribution in [0, 0.1) is 18.6 Å². The van der Waals surface area contributed by atoms with Crippen molar-refractivity contribution in [1.29, 1.82) is 0 Å². The standard InChI is InChI=1S/C12H11BrF2N2S/c1-6-17-9(5-18-6)12(16-2)10-8(14)4-3-7(13)11(10)15/h3-5,12,16H,1-2H3. The summed E-state index contributed by atoms with van der Waals surface area (Å²) in [6, 6.07) is 2.01. The summed E-state index contributed by atoms with van der Waals surface area (Å²) in [6.45, 7) is 1.86. The molecule has 0 aliphatic rings. The molecule has 1 atom stereocenters. The highest BCUT2D eigenvalue weighted by Gasteiger charge is 2.24. The van der Waals surface area contributed by atoms with Gasteiger partial charge in [-0.05, 0) is 42.0 Å². The molecule has 1 aromatic heterocycles. The van der Waals surface area contributed by atoms with Gasteiger partial charge in [0, 0.05) is 10.9 Å². The Morgan fingerprint density at radius 3 is 2.67 bits per heavy atom. The van der Waals surface area contributed by atoms with Crippen LogP contribution in [0.1, 0.15) is 22.3 Å². The van der Waals surface area contributed by atoms with Crippen LogP contribution in [0.3, 0.4) is 0 Å². The van der Waals surface area contributed by atoms with Crippen LogP contribution < -0.4 is 5.32 Å². The summed E-state index contributed by atoms with van der Waals surface area (Å²) in [5.41, 5.74) is 0.605. The Kier molecular flexibility index (Phi) is 4.09. The van der Waals surface area contributed by atoms with Crippen molar-refractivity contribution in [2.45, 2.75) is 13.0 Å². The lowest BCUT2D eigenvalue weighted by Gasteiger charge is -2.16. The van der Waals surface area contributed by atoms with Crippen LogP contribution in [0.2, 0.25) is 0 Å². The number of halogens is 3. The maximum Gasteiger partial charge on any atom is 0.145 e. The molecular formula is C12H11BrF2N2S. The Morgan fingerprint density at radius 1 is 1.39 bits per heavy atom. The number of rotatable bonds is 3. The van der Waals surface area contributed by atoms with Gasteiger partial charge in [0.15, 0.2) is 0 Å². The minimum Gasteiger partial charge on any atom is -0.308 e. The van der Waals surface area contributed by atoms with Gasteiger partial charge in [-0.15, -0.1) is 11.3 Å². The van der Waals surface area contributed by atoms with Crippen molar-refractivity contribution >= 4 is 27.3 Å². The van der Waals surface area contributed by atoms with E-state index in [0.29, 0.717) is 5.69 Å². The zero-order chi connectivity index (χ0) is 13.3. The number of benzene rings is 1. The highest BCUT2D eigenvalue weighted by atomic mass is 79.9. The third kappa shape index (κ3) is 2.46. The predicted octanol–water partition coefficient (Wildman–Crippen LogP) is 3.80. The zero-order valence-electron chi connectivity index (χ0n) is 9.80. The number of aromatic nitrogens is 1. The molecule has 1 aromatic carbocycles. The van der Waals surface area contributed by atoms with Gasteiger partial charge in [-0.25, -0.2) is 13.8 Å². The summed E-state index contributed by atoms with van der Waals surface area (Å²) in [6.07, 6.45) is 0.